The van der Waals surface area contributed by atoms with Crippen LogP contribution < -0.4 is 0 Å². The van der Waals surface area contributed by atoms with Crippen molar-refractivity contribution in [2.45, 2.75) is 49.8 Å². The van der Waals surface area contributed by atoms with Crippen LogP contribution >= 0.6 is 11.6 Å². The molecule has 2 bridgehead atoms. The lowest BCUT2D eigenvalue weighted by molar-refractivity contribution is 0.494. The summed E-state index contributed by atoms with van der Waals surface area (Å²) in [6.07, 6.45) is 11.0. The molecule has 1 unspecified atom stereocenters. The molecule has 1 aromatic carbocycles. The van der Waals surface area contributed by atoms with Crippen LogP contribution in [-0.2, 0) is 4.87 Å². The summed E-state index contributed by atoms with van der Waals surface area (Å²) < 4.78 is 0. The van der Waals surface area contributed by atoms with Crippen LogP contribution in [0.25, 0.3) is 5.57 Å². The van der Waals surface area contributed by atoms with Crippen LogP contribution in [0.5, 0.6) is 0 Å². The highest BCUT2D eigenvalue weighted by molar-refractivity contribution is 6.24. The predicted molar refractivity (Wildman–Crippen MR) is 74.3 cm³/mol. The first kappa shape index (κ1) is 11.3. The van der Waals surface area contributed by atoms with E-state index in [1.807, 2.05) is 0 Å². The van der Waals surface area contributed by atoms with Crippen LogP contribution in [0.4, 0.5) is 0 Å². The normalized spacial score (nSPS) is 28.4. The van der Waals surface area contributed by atoms with Gasteiger partial charge in [-0.05, 0) is 42.4 Å². The summed E-state index contributed by atoms with van der Waals surface area (Å²) in [7, 11) is 0. The third-order valence-corrected chi connectivity index (χ3v) is 4.74. The Hall–Kier alpha value is -0.750. The molecule has 0 amide bonds. The zero-order chi connectivity index (χ0) is 11.7. The van der Waals surface area contributed by atoms with Gasteiger partial charge >= 0.3 is 0 Å². The van der Waals surface area contributed by atoms with E-state index in [-0.39, 0.29) is 4.87 Å². The molecule has 0 saturated heterocycles. The molecule has 0 nitrogen and oxygen atoms in total. The maximum Gasteiger partial charge on any atom is 0.0735 e. The van der Waals surface area contributed by atoms with Crippen molar-refractivity contribution in [1.82, 2.24) is 0 Å². The Labute approximate surface area is 109 Å². The van der Waals surface area contributed by atoms with E-state index in [0.29, 0.717) is 0 Å². The van der Waals surface area contributed by atoms with Crippen LogP contribution in [0.2, 0.25) is 0 Å². The quantitative estimate of drug-likeness (QED) is 0.548. The van der Waals surface area contributed by atoms with E-state index < -0.39 is 0 Å². The maximum absolute atomic E-state index is 6.89. The fourth-order valence-electron chi connectivity index (χ4n) is 3.21. The van der Waals surface area contributed by atoms with Gasteiger partial charge in [-0.2, -0.15) is 0 Å². The van der Waals surface area contributed by atoms with Crippen LogP contribution in [-0.4, -0.2) is 0 Å². The van der Waals surface area contributed by atoms with E-state index in [1.54, 1.807) is 0 Å². The number of allylic oxidation sites excluding steroid dienone is 2. The van der Waals surface area contributed by atoms with E-state index in [4.69, 9.17) is 11.6 Å². The fraction of sp³-hybridized carbons (Fsp3) is 0.500. The van der Waals surface area contributed by atoms with E-state index in [0.717, 1.165) is 12.8 Å². The van der Waals surface area contributed by atoms with Crippen LogP contribution in [0.3, 0.4) is 0 Å². The lowest BCUT2D eigenvalue weighted by Crippen LogP contribution is -2.23. The Kier molecular flexibility index (Phi) is 3.00. The molecular formula is C16H19Cl. The summed E-state index contributed by atoms with van der Waals surface area (Å²) >= 11 is 6.89. The minimum atomic E-state index is -0.128. The van der Waals surface area contributed by atoms with Crippen LogP contribution in [0.1, 0.15) is 56.1 Å². The molecule has 3 rings (SSSR count). The van der Waals surface area contributed by atoms with Gasteiger partial charge in [0.25, 0.3) is 0 Å². The average molecular weight is 247 g/mol. The molecule has 0 aromatic heterocycles. The van der Waals surface area contributed by atoms with Crippen molar-refractivity contribution in [3.05, 3.63) is 41.5 Å². The zero-order valence-electron chi connectivity index (χ0n) is 10.2. The molecule has 2 aliphatic carbocycles. The summed E-state index contributed by atoms with van der Waals surface area (Å²) in [5.74, 6) is 0. The lowest BCUT2D eigenvalue weighted by atomic mass is 9.77. The van der Waals surface area contributed by atoms with Gasteiger partial charge in [-0.3, -0.25) is 0 Å². The number of halogens is 1. The van der Waals surface area contributed by atoms with Gasteiger partial charge in [0.2, 0.25) is 0 Å². The third kappa shape index (κ3) is 2.04. The first-order valence-corrected chi connectivity index (χ1v) is 7.15. The minimum absolute atomic E-state index is 0.128. The summed E-state index contributed by atoms with van der Waals surface area (Å²) in [5, 5.41) is 0. The average Bonchev–Trinajstić information content (AvgIpc) is 2.37. The molecule has 0 fully saturated rings. The number of benzene rings is 1. The van der Waals surface area contributed by atoms with Gasteiger partial charge in [-0.25, -0.2) is 0 Å². The molecule has 0 N–H and O–H groups in total. The van der Waals surface area contributed by atoms with Gasteiger partial charge < -0.3 is 0 Å². The fourth-order valence-corrected chi connectivity index (χ4v) is 3.58. The topological polar surface area (TPSA) is 0 Å². The van der Waals surface area contributed by atoms with Gasteiger partial charge in [0.05, 0.1) is 4.87 Å². The van der Waals surface area contributed by atoms with Crippen molar-refractivity contribution in [1.29, 1.82) is 0 Å². The Morgan fingerprint density at radius 3 is 2.76 bits per heavy atom. The highest BCUT2D eigenvalue weighted by Gasteiger charge is 2.34. The largest absolute Gasteiger partial charge is 0.114 e. The molecule has 1 aromatic rings. The first-order valence-electron chi connectivity index (χ1n) is 6.77. The Morgan fingerprint density at radius 2 is 1.82 bits per heavy atom. The standard InChI is InChI=1S/C16H19Cl/c17-16-11-6-2-1-3-7-13(10-12-16)14-8-4-5-9-15(14)16/h4-5,8-10H,1-3,6-7,11-12H2. The molecule has 0 heterocycles. The molecule has 17 heavy (non-hydrogen) atoms. The van der Waals surface area contributed by atoms with Gasteiger partial charge in [-0.15, -0.1) is 11.6 Å². The molecular weight excluding hydrogens is 228 g/mol. The van der Waals surface area contributed by atoms with Crippen molar-refractivity contribution in [2.75, 3.05) is 0 Å². The molecule has 0 aliphatic heterocycles. The van der Waals surface area contributed by atoms with Crippen molar-refractivity contribution in [3.63, 3.8) is 0 Å². The zero-order valence-corrected chi connectivity index (χ0v) is 11.0. The summed E-state index contributed by atoms with van der Waals surface area (Å²) in [6, 6.07) is 8.75. The number of rotatable bonds is 0. The van der Waals surface area contributed by atoms with Crippen molar-refractivity contribution in [3.8, 4) is 0 Å². The molecule has 1 heteroatoms. The van der Waals surface area contributed by atoms with E-state index in [1.165, 1.54) is 48.8 Å². The van der Waals surface area contributed by atoms with E-state index >= 15 is 0 Å². The monoisotopic (exact) mass is 246 g/mol. The van der Waals surface area contributed by atoms with E-state index in [9.17, 15) is 0 Å². The molecule has 90 valence electrons. The summed E-state index contributed by atoms with van der Waals surface area (Å²) in [4.78, 5) is -0.128. The van der Waals surface area contributed by atoms with Gasteiger partial charge in [0, 0.05) is 0 Å². The Bertz CT molecular complexity index is 447. The highest BCUT2D eigenvalue weighted by atomic mass is 35.5. The van der Waals surface area contributed by atoms with Crippen molar-refractivity contribution >= 4 is 17.2 Å². The lowest BCUT2D eigenvalue weighted by Gasteiger charge is -2.34. The second-order valence-corrected chi connectivity index (χ2v) is 6.08. The molecule has 1 atom stereocenters. The SMILES string of the molecule is ClC12CC=C(CCCCCC1)c1ccccc12. The highest BCUT2D eigenvalue weighted by Crippen LogP contribution is 2.47. The smallest absolute Gasteiger partial charge is 0.0735 e. The molecule has 0 spiro atoms. The predicted octanol–water partition coefficient (Wildman–Crippen LogP) is 5.26. The third-order valence-electron chi connectivity index (χ3n) is 4.20. The molecule has 2 aliphatic rings. The van der Waals surface area contributed by atoms with E-state index in [2.05, 4.69) is 30.3 Å². The number of hydrogen-bond donors (Lipinski definition) is 0. The number of hydrogen-bond acceptors (Lipinski definition) is 0. The van der Waals surface area contributed by atoms with Crippen molar-refractivity contribution in [2.24, 2.45) is 0 Å². The van der Waals surface area contributed by atoms with Gasteiger partial charge in [0.1, 0.15) is 0 Å². The second-order valence-electron chi connectivity index (χ2n) is 5.36. The van der Waals surface area contributed by atoms with Crippen molar-refractivity contribution < 1.29 is 0 Å². The minimum Gasteiger partial charge on any atom is -0.114 e. The summed E-state index contributed by atoms with van der Waals surface area (Å²) in [6.45, 7) is 0. The Morgan fingerprint density at radius 1 is 1.00 bits per heavy atom. The van der Waals surface area contributed by atoms with Gasteiger partial charge in [-0.1, -0.05) is 49.6 Å². The number of fused-ring (bicyclic) bond motifs is 5. The first-order chi connectivity index (χ1) is 8.30. The number of alkyl halides is 1. The Balaban J connectivity index is 2.09. The van der Waals surface area contributed by atoms with Crippen LogP contribution in [0, 0.1) is 0 Å². The molecule has 0 radical (unpaired) electrons. The van der Waals surface area contributed by atoms with Gasteiger partial charge in [0.15, 0.2) is 0 Å². The molecule has 0 saturated carbocycles. The maximum atomic E-state index is 6.89. The second kappa shape index (κ2) is 4.49. The summed E-state index contributed by atoms with van der Waals surface area (Å²) in [5.41, 5.74) is 4.32. The van der Waals surface area contributed by atoms with Crippen LogP contribution in [0.15, 0.2) is 30.3 Å².